The van der Waals surface area contributed by atoms with E-state index in [4.69, 9.17) is 28.4 Å². The Morgan fingerprint density at radius 3 is 1.86 bits per heavy atom. The van der Waals surface area contributed by atoms with Crippen molar-refractivity contribution in [2.24, 2.45) is 16.7 Å². The van der Waals surface area contributed by atoms with Crippen LogP contribution in [0, 0.1) is 16.7 Å². The number of rotatable bonds is 25. The number of quaternary nitrogens is 2. The number of carbonyl (C=O) groups is 10. The number of aliphatic hydroxyl groups excluding tert-OH is 1. The zero-order valence-electron chi connectivity index (χ0n) is 56.0. The number of nitrogens with one attached hydrogen (secondary N) is 3. The highest BCUT2D eigenvalue weighted by molar-refractivity contribution is 5.97. The molecule has 3 aliphatic carbocycles. The predicted octanol–water partition coefficient (Wildman–Crippen LogP) is -3.47. The van der Waals surface area contributed by atoms with Crippen LogP contribution in [-0.4, -0.2) is 186 Å². The van der Waals surface area contributed by atoms with Crippen molar-refractivity contribution in [1.82, 2.24) is 25.8 Å². The molecule has 5 amide bonds. The molecule has 2 saturated carbocycles. The lowest BCUT2D eigenvalue weighted by molar-refractivity contribution is -0.398. The van der Waals surface area contributed by atoms with Gasteiger partial charge in [-0.05, 0) is 86.6 Å². The Labute approximate surface area is 576 Å². The van der Waals surface area contributed by atoms with Crippen LogP contribution in [0.3, 0.4) is 0 Å². The fourth-order valence-corrected chi connectivity index (χ4v) is 13.7. The molecule has 4 aromatic carbocycles. The lowest BCUT2D eigenvalue weighted by Gasteiger charge is -2.67. The highest BCUT2D eigenvalue weighted by Gasteiger charge is 2.78. The Bertz CT molecular complexity index is 3520. The van der Waals surface area contributed by atoms with Crippen molar-refractivity contribution in [2.75, 3.05) is 40.3 Å². The van der Waals surface area contributed by atoms with Gasteiger partial charge in [0, 0.05) is 71.3 Å². The molecule has 11 N–H and O–H groups in total. The van der Waals surface area contributed by atoms with Crippen LogP contribution in [0.4, 0.5) is 4.79 Å². The van der Waals surface area contributed by atoms with E-state index in [0.29, 0.717) is 19.4 Å². The molecule has 0 spiro atoms. The summed E-state index contributed by atoms with van der Waals surface area (Å²) in [5.74, 6) is -9.01. The maximum Gasteiger partial charge on any atom is 0.410 e. The first-order valence-electron chi connectivity index (χ1n) is 32.0. The maximum atomic E-state index is 16.0. The highest BCUT2D eigenvalue weighted by Crippen LogP contribution is 2.64. The molecule has 4 aliphatic rings. The molecule has 0 radical (unpaired) electrons. The number of aliphatic hydroxyl groups is 2. The largest absolute Gasteiger partial charge is 1.00 e. The standard InChI is InChI=1S/C70H87N7O18.2ClH/c1-40-50(38-70(89)59(94-64(86)47-30-20-13-21-31-47)57-68(7,51(80)37-52-69(57,39-90-52)95-43(4)79)58(81)55(91-42(3)78)53(40)67(70,5)6)92-65(87)56(54(45-26-16-11-17-27-45)75-61(83)46-28-18-12-19-29-46)93-66(88)77(9)35-34-76(8)63(85)48(32-22-23-33-71)73-62(84)49(74-60(82)41(2)72)36-44-24-14-10-15-25-44;;/h10-21,24-31,41,48-52,54-57,59,80,89H,22-23,32-39,71-72H2,1-9H3,(H,73,84)(H,74,82)(H,75,83);2*1H/t41-,48+,49+,50+,51+,52-,54+,55-,56-,57+,59+,68-,69+,70-;;/m1../s1. The number of hydrogen-bond donors (Lipinski definition) is 7. The summed E-state index contributed by atoms with van der Waals surface area (Å²) >= 11 is 0. The monoisotopic (exact) mass is 1390 g/mol. The minimum atomic E-state index is -2.55. The number of hydrogen-bond acceptors (Lipinski definition) is 18. The summed E-state index contributed by atoms with van der Waals surface area (Å²) in [5, 5.41) is 35.0. The van der Waals surface area contributed by atoms with Crippen molar-refractivity contribution in [3.05, 3.63) is 155 Å². The smallest absolute Gasteiger partial charge is 0.410 e. The van der Waals surface area contributed by atoms with Gasteiger partial charge in [0.25, 0.3) is 11.8 Å². The minimum Gasteiger partial charge on any atom is -1.00 e. The van der Waals surface area contributed by atoms with E-state index in [1.807, 2.05) is 18.2 Å². The number of fused-ring (bicyclic) bond motifs is 5. The van der Waals surface area contributed by atoms with E-state index in [1.165, 1.54) is 71.0 Å². The van der Waals surface area contributed by atoms with Gasteiger partial charge in [0.2, 0.25) is 17.9 Å². The van der Waals surface area contributed by atoms with Crippen LogP contribution in [0.25, 0.3) is 0 Å². The van der Waals surface area contributed by atoms with Gasteiger partial charge in [0.15, 0.2) is 23.5 Å². The molecule has 2 bridgehead atoms. The third-order valence-corrected chi connectivity index (χ3v) is 19.1. The second-order valence-corrected chi connectivity index (χ2v) is 26.0. The molecule has 27 heteroatoms. The summed E-state index contributed by atoms with van der Waals surface area (Å²) in [6, 6.07) is 28.4. The summed E-state index contributed by atoms with van der Waals surface area (Å²) < 4.78 is 37.4. The molecule has 0 unspecified atom stereocenters. The molecule has 526 valence electrons. The number of ketones is 1. The van der Waals surface area contributed by atoms with Gasteiger partial charge in [0.05, 0.1) is 36.2 Å². The second-order valence-electron chi connectivity index (χ2n) is 26.0. The number of likely N-dealkylation sites (N-methyl/N-ethyl adjacent to an activating group) is 2. The Hall–Kier alpha value is -8.30. The van der Waals surface area contributed by atoms with Crippen LogP contribution in [0.2, 0.25) is 0 Å². The number of unbranched alkanes of at least 4 members (excludes halogenated alkanes) is 1. The van der Waals surface area contributed by atoms with Gasteiger partial charge < -0.3 is 101 Å². The molecule has 1 aliphatic heterocycles. The molecular formula is C70H89Cl2N7O18. The third-order valence-electron chi connectivity index (χ3n) is 19.1. The van der Waals surface area contributed by atoms with E-state index < -0.39 is 155 Å². The molecule has 3 fully saturated rings. The van der Waals surface area contributed by atoms with Crippen LogP contribution in [0.1, 0.15) is 118 Å². The van der Waals surface area contributed by atoms with Gasteiger partial charge in [-0.15, -0.1) is 0 Å². The number of esters is 4. The van der Waals surface area contributed by atoms with E-state index in [-0.39, 0.29) is 91.6 Å². The van der Waals surface area contributed by atoms with E-state index in [0.717, 1.165) is 24.3 Å². The van der Waals surface area contributed by atoms with Crippen LogP contribution in [0.15, 0.2) is 132 Å². The van der Waals surface area contributed by atoms with Crippen molar-refractivity contribution in [3.63, 3.8) is 0 Å². The maximum absolute atomic E-state index is 16.0. The fraction of sp³-hybridized carbons (Fsp3) is 0.486. The Kier molecular flexibility index (Phi) is 26.3. The van der Waals surface area contributed by atoms with Crippen molar-refractivity contribution >= 4 is 59.4 Å². The molecule has 1 heterocycles. The topological polar surface area (TPSA) is 364 Å². The Balaban J connectivity index is 0.00000743. The van der Waals surface area contributed by atoms with Gasteiger partial charge in [-0.25, -0.2) is 14.4 Å². The average Bonchev–Trinajstić information content (AvgIpc) is 0.670. The molecular weight excluding hydrogens is 1300 g/mol. The molecule has 25 nitrogen and oxygen atoms in total. The minimum absolute atomic E-state index is 0. The Morgan fingerprint density at radius 1 is 0.732 bits per heavy atom. The number of benzene rings is 4. The highest BCUT2D eigenvalue weighted by atomic mass is 35.5. The lowest BCUT2D eigenvalue weighted by Crippen LogP contribution is -3.00. The zero-order valence-corrected chi connectivity index (χ0v) is 57.5. The van der Waals surface area contributed by atoms with Gasteiger partial charge in [-0.2, -0.15) is 0 Å². The van der Waals surface area contributed by atoms with Crippen molar-refractivity contribution in [3.8, 4) is 0 Å². The van der Waals surface area contributed by atoms with Gasteiger partial charge in [-0.3, -0.25) is 33.6 Å². The quantitative estimate of drug-likeness (QED) is 0.0147. The summed E-state index contributed by atoms with van der Waals surface area (Å²) in [6.45, 7) is 9.47. The zero-order chi connectivity index (χ0) is 69.3. The number of carbonyl (C=O) groups excluding carboxylic acids is 10. The van der Waals surface area contributed by atoms with E-state index in [1.54, 1.807) is 85.8 Å². The molecule has 97 heavy (non-hydrogen) atoms. The number of amides is 5. The van der Waals surface area contributed by atoms with Crippen LogP contribution in [0.5, 0.6) is 0 Å². The van der Waals surface area contributed by atoms with Crippen molar-refractivity contribution in [2.45, 2.75) is 159 Å². The second kappa shape index (κ2) is 32.8. The van der Waals surface area contributed by atoms with Crippen molar-refractivity contribution in [1.29, 1.82) is 0 Å². The lowest BCUT2D eigenvalue weighted by atomic mass is 9.44. The van der Waals surface area contributed by atoms with Crippen LogP contribution in [-0.2, 0) is 68.4 Å². The molecule has 1 saturated heterocycles. The van der Waals surface area contributed by atoms with Crippen LogP contribution >= 0.6 is 0 Å². The number of nitrogens with zero attached hydrogens (tertiary/aromatic N) is 2. The van der Waals surface area contributed by atoms with E-state index in [9.17, 15) is 48.6 Å². The first-order valence-corrected chi connectivity index (χ1v) is 32.0. The first kappa shape index (κ1) is 77.7. The van der Waals surface area contributed by atoms with Gasteiger partial charge in [-0.1, -0.05) is 111 Å². The number of ether oxygens (including phenoxy) is 6. The fourth-order valence-electron chi connectivity index (χ4n) is 13.7. The normalized spacial score (nSPS) is 25.1. The van der Waals surface area contributed by atoms with E-state index >= 15 is 9.59 Å². The Morgan fingerprint density at radius 2 is 1.30 bits per heavy atom. The van der Waals surface area contributed by atoms with Gasteiger partial charge in [0.1, 0.15) is 42.0 Å². The summed E-state index contributed by atoms with van der Waals surface area (Å²) in [6.07, 6.45) is -11.1. The molecule has 8 rings (SSSR count). The molecule has 4 aromatic rings. The molecule has 0 aromatic heterocycles. The summed E-state index contributed by atoms with van der Waals surface area (Å²) in [5.41, 5.74) is 0.439. The summed E-state index contributed by atoms with van der Waals surface area (Å²) in [4.78, 5) is 146. The number of Topliss-reactive ketones (excluding diaryl/α,β-unsaturated/α-hetero) is 1. The first-order chi connectivity index (χ1) is 45.0. The molecule has 14 atom stereocenters. The number of halogens is 2. The van der Waals surface area contributed by atoms with E-state index in [2.05, 4.69) is 27.4 Å². The summed E-state index contributed by atoms with van der Waals surface area (Å²) in [7, 11) is 2.83. The third kappa shape index (κ3) is 16.6. The average molecular weight is 1390 g/mol. The SMILES string of the molecule is CC(=O)O[C@H]1C(=O)[C@@]2(C)[C@H]([C@H](OC(=O)c3ccccc3)[C@]3(O)C[C@H](OC(=O)[C@H](OC(=O)N(C)CCN(C)C(=O)[C@H](CCCC[NH3+])NC(=O)[C@H](Cc4ccccc4)NC(=O)[C@@H](C)[NH3+])[C@@H](NC(=O)c4ccccc4)c4ccccc4)C(C)=C1C3(C)C)[C@]1(OC(C)=O)CO[C@@H]1C[C@@H]2O.[Cl-].[Cl-]. The van der Waals surface area contributed by atoms with Crippen LogP contribution < -0.4 is 52.2 Å². The van der Waals surface area contributed by atoms with Crippen molar-refractivity contribution < 1.29 is 123 Å². The predicted molar refractivity (Wildman–Crippen MR) is 340 cm³/mol. The van der Waals surface area contributed by atoms with Gasteiger partial charge >= 0.3 is 30.0 Å².